The number of aromatic nitrogens is 6. The minimum absolute atomic E-state index is 0.00988. The monoisotopic (exact) mass is 599 g/mol. The summed E-state index contributed by atoms with van der Waals surface area (Å²) in [7, 11) is 0. The van der Waals surface area contributed by atoms with E-state index < -0.39 is 0 Å². The van der Waals surface area contributed by atoms with Crippen molar-refractivity contribution in [3.05, 3.63) is 70.6 Å². The second-order valence-corrected chi connectivity index (χ2v) is 11.7. The lowest BCUT2D eigenvalue weighted by Crippen LogP contribution is -2.41. The van der Waals surface area contributed by atoms with Crippen LogP contribution in [0.4, 0.5) is 5.82 Å². The Labute approximate surface area is 253 Å². The zero-order valence-electron chi connectivity index (χ0n) is 23.9. The number of halogens is 1. The lowest BCUT2D eigenvalue weighted by atomic mass is 10.0. The minimum Gasteiger partial charge on any atom is -0.368 e. The molecule has 2 N–H and O–H groups in total. The molecule has 7 rings (SSSR count). The second-order valence-electron chi connectivity index (χ2n) is 11.3. The average Bonchev–Trinajstić information content (AvgIpc) is 3.75. The zero-order chi connectivity index (χ0) is 29.3. The Kier molecular flexibility index (Phi) is 7.58. The number of benzene rings is 1. The van der Waals surface area contributed by atoms with Crippen LogP contribution in [-0.4, -0.2) is 84.0 Å². The number of H-pyrrole nitrogens is 1. The average molecular weight is 600 g/mol. The van der Waals surface area contributed by atoms with Gasteiger partial charge in [-0.15, -0.1) is 0 Å². The predicted molar refractivity (Wildman–Crippen MR) is 167 cm³/mol. The number of amides is 1. The summed E-state index contributed by atoms with van der Waals surface area (Å²) in [5, 5.41) is 5.02. The second kappa shape index (κ2) is 11.8. The number of nitrogens with zero attached hydrogens (tertiary/aromatic N) is 7. The molecule has 0 aliphatic carbocycles. The Balaban J connectivity index is 1.12. The van der Waals surface area contributed by atoms with Gasteiger partial charge in [0.05, 0.1) is 10.9 Å². The van der Waals surface area contributed by atoms with E-state index in [1.54, 1.807) is 17.1 Å². The molecule has 0 bridgehead atoms. The van der Waals surface area contributed by atoms with Crippen molar-refractivity contribution in [2.75, 3.05) is 44.6 Å². The number of imidazole rings is 1. The molecule has 0 radical (unpaired) electrons. The number of hydrogen-bond donors (Lipinski definition) is 2. The van der Waals surface area contributed by atoms with E-state index in [0.29, 0.717) is 42.2 Å². The first-order valence-electron chi connectivity index (χ1n) is 14.9. The van der Waals surface area contributed by atoms with Crippen molar-refractivity contribution in [3.63, 3.8) is 0 Å². The molecule has 2 saturated heterocycles. The summed E-state index contributed by atoms with van der Waals surface area (Å²) in [5.41, 5.74) is 3.68. The fourth-order valence-electron chi connectivity index (χ4n) is 6.54. The van der Waals surface area contributed by atoms with Gasteiger partial charge in [-0.3, -0.25) is 14.3 Å². The van der Waals surface area contributed by atoms with Crippen molar-refractivity contribution in [2.45, 2.75) is 38.3 Å². The van der Waals surface area contributed by atoms with Crippen LogP contribution in [0.3, 0.4) is 0 Å². The van der Waals surface area contributed by atoms with E-state index in [9.17, 15) is 9.59 Å². The summed E-state index contributed by atoms with van der Waals surface area (Å²) < 4.78 is 3.69. The van der Waals surface area contributed by atoms with Gasteiger partial charge in [-0.05, 0) is 57.0 Å². The molecule has 1 aromatic carbocycles. The number of rotatable bonds is 8. The molecule has 222 valence electrons. The number of anilines is 1. The van der Waals surface area contributed by atoms with Crippen molar-refractivity contribution < 1.29 is 4.79 Å². The topological polar surface area (TPSA) is 117 Å². The van der Waals surface area contributed by atoms with Gasteiger partial charge in [0.2, 0.25) is 5.91 Å². The van der Waals surface area contributed by atoms with Crippen molar-refractivity contribution in [1.29, 1.82) is 0 Å². The lowest BCUT2D eigenvalue weighted by molar-refractivity contribution is -0.133. The van der Waals surface area contributed by atoms with Gasteiger partial charge in [-0.25, -0.2) is 19.7 Å². The van der Waals surface area contributed by atoms with Gasteiger partial charge in [-0.1, -0.05) is 29.8 Å². The van der Waals surface area contributed by atoms with Crippen LogP contribution in [0.5, 0.6) is 0 Å². The van der Waals surface area contributed by atoms with Crippen molar-refractivity contribution in [2.24, 2.45) is 0 Å². The number of hydrogen-bond acceptors (Lipinski definition) is 7. The molecular formula is C31H34ClN9O2. The molecule has 12 heteroatoms. The minimum atomic E-state index is -0.158. The third kappa shape index (κ3) is 5.38. The van der Waals surface area contributed by atoms with Gasteiger partial charge in [-0.2, -0.15) is 0 Å². The molecule has 6 heterocycles. The molecule has 1 amide bonds. The SMILES string of the molecule is O=C(Cn1cc(-c2ccccc2Cl)c2c(NCCN3CCCC3)ncnc21)N1CCC(n2c(=O)[nH]c3ncccc32)CC1. The van der Waals surface area contributed by atoms with Crippen LogP contribution in [0, 0.1) is 0 Å². The Hall–Kier alpha value is -4.22. The van der Waals surface area contributed by atoms with Crippen LogP contribution in [0.1, 0.15) is 31.7 Å². The number of pyridine rings is 1. The number of nitrogens with one attached hydrogen (secondary N) is 2. The first-order valence-corrected chi connectivity index (χ1v) is 15.3. The Morgan fingerprint density at radius 2 is 1.81 bits per heavy atom. The van der Waals surface area contributed by atoms with Crippen LogP contribution in [0.2, 0.25) is 5.02 Å². The molecule has 0 saturated carbocycles. The summed E-state index contributed by atoms with van der Waals surface area (Å²) >= 11 is 6.66. The van der Waals surface area contributed by atoms with Crippen LogP contribution >= 0.6 is 11.6 Å². The van der Waals surface area contributed by atoms with Crippen molar-refractivity contribution in [3.8, 4) is 11.1 Å². The molecule has 2 fully saturated rings. The number of carbonyl (C=O) groups excluding carboxylic acids is 1. The van der Waals surface area contributed by atoms with Gasteiger partial charge < -0.3 is 19.7 Å². The predicted octanol–water partition coefficient (Wildman–Crippen LogP) is 4.16. The standard InChI is InChI=1S/C31H34ClN9O2/c32-24-7-2-1-6-22(24)23-18-40(30-27(23)29(35-20-36-30)34-12-17-38-13-3-4-14-38)19-26(42)39-15-9-21(10-16-39)41-25-8-5-11-33-28(25)37-31(41)43/h1-2,5-8,11,18,20-21H,3-4,9-10,12-17,19H2,(H,33,37,43)(H,34,35,36). The quantitative estimate of drug-likeness (QED) is 0.275. The van der Waals surface area contributed by atoms with Crippen molar-refractivity contribution >= 4 is 45.5 Å². The fraction of sp³-hybridized carbons (Fsp3) is 0.387. The summed E-state index contributed by atoms with van der Waals surface area (Å²) in [6.07, 6.45) is 9.08. The number of aromatic amines is 1. The maximum absolute atomic E-state index is 13.6. The van der Waals surface area contributed by atoms with Gasteiger partial charge in [0.1, 0.15) is 24.3 Å². The molecule has 2 aliphatic rings. The Morgan fingerprint density at radius 3 is 2.63 bits per heavy atom. The highest BCUT2D eigenvalue weighted by atomic mass is 35.5. The first kappa shape index (κ1) is 27.6. The van der Waals surface area contributed by atoms with E-state index in [0.717, 1.165) is 54.0 Å². The summed E-state index contributed by atoms with van der Waals surface area (Å²) in [6.45, 7) is 5.27. The van der Waals surface area contributed by atoms with Crippen LogP contribution < -0.4 is 11.0 Å². The van der Waals surface area contributed by atoms with E-state index in [4.69, 9.17) is 11.6 Å². The molecule has 5 aromatic rings. The van der Waals surface area contributed by atoms with Gasteiger partial charge >= 0.3 is 5.69 Å². The largest absolute Gasteiger partial charge is 0.368 e. The summed E-state index contributed by atoms with van der Waals surface area (Å²) in [5.74, 6) is 0.751. The number of carbonyl (C=O) groups is 1. The Morgan fingerprint density at radius 1 is 1.00 bits per heavy atom. The number of fused-ring (bicyclic) bond motifs is 2. The molecule has 0 spiro atoms. The third-order valence-electron chi connectivity index (χ3n) is 8.71. The van der Waals surface area contributed by atoms with E-state index in [1.807, 2.05) is 52.1 Å². The first-order chi connectivity index (χ1) is 21.1. The lowest BCUT2D eigenvalue weighted by Gasteiger charge is -2.32. The molecule has 43 heavy (non-hydrogen) atoms. The highest BCUT2D eigenvalue weighted by Crippen LogP contribution is 2.37. The maximum atomic E-state index is 13.6. The highest BCUT2D eigenvalue weighted by Gasteiger charge is 2.27. The Bertz CT molecular complexity index is 1830. The maximum Gasteiger partial charge on any atom is 0.327 e. The molecule has 0 unspecified atom stereocenters. The molecule has 2 aliphatic heterocycles. The third-order valence-corrected chi connectivity index (χ3v) is 9.04. The van der Waals surface area contributed by atoms with Crippen LogP contribution in [-0.2, 0) is 11.3 Å². The fourth-order valence-corrected chi connectivity index (χ4v) is 6.78. The van der Waals surface area contributed by atoms with Gasteiger partial charge in [0.25, 0.3) is 0 Å². The van der Waals surface area contributed by atoms with Crippen LogP contribution in [0.25, 0.3) is 33.3 Å². The summed E-state index contributed by atoms with van der Waals surface area (Å²) in [4.78, 5) is 47.0. The molecular weight excluding hydrogens is 566 g/mol. The van der Waals surface area contributed by atoms with E-state index in [-0.39, 0.29) is 24.2 Å². The normalized spacial score (nSPS) is 16.4. The van der Waals surface area contributed by atoms with Gasteiger partial charge in [0, 0.05) is 60.8 Å². The molecule has 0 atom stereocenters. The van der Waals surface area contributed by atoms with E-state index in [1.165, 1.54) is 12.8 Å². The zero-order valence-corrected chi connectivity index (χ0v) is 24.6. The van der Waals surface area contributed by atoms with Crippen LogP contribution in [0.15, 0.2) is 59.9 Å². The van der Waals surface area contributed by atoms with Crippen molar-refractivity contribution in [1.82, 2.24) is 38.9 Å². The highest BCUT2D eigenvalue weighted by molar-refractivity contribution is 6.33. The number of likely N-dealkylation sites (tertiary alicyclic amines) is 2. The molecule has 11 nitrogen and oxygen atoms in total. The summed E-state index contributed by atoms with van der Waals surface area (Å²) in [6, 6.07) is 11.5. The van der Waals surface area contributed by atoms with E-state index in [2.05, 4.69) is 30.2 Å². The molecule has 4 aromatic heterocycles. The van der Waals surface area contributed by atoms with Gasteiger partial charge in [0.15, 0.2) is 5.65 Å². The number of piperidine rings is 1. The van der Waals surface area contributed by atoms with E-state index >= 15 is 0 Å². The smallest absolute Gasteiger partial charge is 0.327 e.